The molecule has 126 valence electrons. The number of amides is 1. The van der Waals surface area contributed by atoms with E-state index in [-0.39, 0.29) is 5.91 Å². The van der Waals surface area contributed by atoms with Crippen LogP contribution in [0.4, 0.5) is 5.82 Å². The summed E-state index contributed by atoms with van der Waals surface area (Å²) in [4.78, 5) is 30.8. The monoisotopic (exact) mass is 345 g/mol. The van der Waals surface area contributed by atoms with Crippen molar-refractivity contribution < 1.29 is 4.79 Å². The summed E-state index contributed by atoms with van der Waals surface area (Å²) in [5.74, 6) is 1.56. The molecule has 0 aliphatic carbocycles. The van der Waals surface area contributed by atoms with Crippen molar-refractivity contribution in [2.45, 2.75) is 18.9 Å². The van der Waals surface area contributed by atoms with Gasteiger partial charge in [0.2, 0.25) is 0 Å². The predicted molar refractivity (Wildman–Crippen MR) is 93.6 cm³/mol. The van der Waals surface area contributed by atoms with Crippen molar-refractivity contribution in [2.24, 2.45) is 0 Å². The molecule has 1 amide bonds. The number of thioether (sulfide) groups is 1. The zero-order valence-electron chi connectivity index (χ0n) is 13.2. The fourth-order valence-electron chi connectivity index (χ4n) is 2.99. The minimum atomic E-state index is -0.0201. The van der Waals surface area contributed by atoms with Crippen molar-refractivity contribution in [1.29, 1.82) is 0 Å². The summed E-state index contributed by atoms with van der Waals surface area (Å²) in [5, 5.41) is 6.42. The highest BCUT2D eigenvalue weighted by atomic mass is 32.2. The Morgan fingerprint density at radius 2 is 2.38 bits per heavy atom. The summed E-state index contributed by atoms with van der Waals surface area (Å²) in [6.45, 7) is 2.51. The van der Waals surface area contributed by atoms with E-state index in [1.807, 2.05) is 11.1 Å². The van der Waals surface area contributed by atoms with E-state index in [9.17, 15) is 4.79 Å². The third-order valence-electron chi connectivity index (χ3n) is 4.23. The smallest absolute Gasteiger partial charge is 0.259 e. The molecule has 0 spiro atoms. The molecule has 2 aromatic heterocycles. The van der Waals surface area contributed by atoms with E-state index < -0.39 is 0 Å². The van der Waals surface area contributed by atoms with Crippen molar-refractivity contribution >= 4 is 34.7 Å². The number of anilines is 1. The van der Waals surface area contributed by atoms with Gasteiger partial charge in [-0.25, -0.2) is 15.0 Å². The Hall–Kier alpha value is -2.13. The van der Waals surface area contributed by atoms with Crippen LogP contribution in [0.2, 0.25) is 0 Å². The number of carbonyl (C=O) groups excluding carboxylic acids is 1. The van der Waals surface area contributed by atoms with Crippen molar-refractivity contribution in [3.63, 3.8) is 0 Å². The molecule has 9 heteroatoms. The Morgan fingerprint density at radius 3 is 3.25 bits per heavy atom. The van der Waals surface area contributed by atoms with Gasteiger partial charge in [0.1, 0.15) is 11.8 Å². The lowest BCUT2D eigenvalue weighted by Crippen LogP contribution is -2.38. The molecule has 1 unspecified atom stereocenters. The van der Waals surface area contributed by atoms with Gasteiger partial charge >= 0.3 is 0 Å². The number of nitrogens with one attached hydrogen (secondary N) is 3. The Kier molecular flexibility index (Phi) is 4.35. The summed E-state index contributed by atoms with van der Waals surface area (Å²) in [5.41, 5.74) is 1.42. The number of aromatic nitrogens is 4. The molecule has 4 rings (SSSR count). The lowest BCUT2D eigenvalue weighted by atomic mass is 10.2. The topological polar surface area (TPSA) is 98.8 Å². The zero-order chi connectivity index (χ0) is 16.4. The standard InChI is InChI=1S/C15H19N7OS/c23-15(17-6-10-2-1-3-16-10)11-7-22(4-5-24-11)14-12-13(19-8-18-12)20-9-21-14/h7-10,16H,1-6H2,(H,17,23)(H,18,19,20,21). The van der Waals surface area contributed by atoms with Gasteiger partial charge in [0.15, 0.2) is 11.5 Å². The highest BCUT2D eigenvalue weighted by Gasteiger charge is 2.22. The number of aromatic amines is 1. The van der Waals surface area contributed by atoms with Gasteiger partial charge in [-0.2, -0.15) is 0 Å². The summed E-state index contributed by atoms with van der Waals surface area (Å²) < 4.78 is 0. The average Bonchev–Trinajstić information content (AvgIpc) is 3.30. The second kappa shape index (κ2) is 6.78. The molecule has 2 aromatic rings. The molecule has 0 radical (unpaired) electrons. The maximum Gasteiger partial charge on any atom is 0.259 e. The molecule has 0 saturated carbocycles. The molecule has 3 N–H and O–H groups in total. The van der Waals surface area contributed by atoms with Gasteiger partial charge in [-0.05, 0) is 19.4 Å². The second-order valence-corrected chi connectivity index (χ2v) is 6.97. The second-order valence-electron chi connectivity index (χ2n) is 5.84. The Morgan fingerprint density at radius 1 is 1.42 bits per heavy atom. The molecule has 24 heavy (non-hydrogen) atoms. The summed E-state index contributed by atoms with van der Waals surface area (Å²) in [6, 6.07) is 0.394. The van der Waals surface area contributed by atoms with Gasteiger partial charge in [-0.3, -0.25) is 4.79 Å². The SMILES string of the molecule is O=C(NCC1CCCN1)C1=CN(c2ncnc3nc[nH]c23)CCS1. The van der Waals surface area contributed by atoms with Crippen LogP contribution < -0.4 is 15.5 Å². The van der Waals surface area contributed by atoms with Crippen LogP contribution in [-0.2, 0) is 4.79 Å². The van der Waals surface area contributed by atoms with Crippen LogP contribution in [0.3, 0.4) is 0 Å². The van der Waals surface area contributed by atoms with E-state index in [1.54, 1.807) is 18.1 Å². The first-order valence-corrected chi connectivity index (χ1v) is 9.07. The largest absolute Gasteiger partial charge is 0.350 e. The number of fused-ring (bicyclic) bond motifs is 1. The number of rotatable bonds is 4. The lowest BCUT2D eigenvalue weighted by molar-refractivity contribution is -0.116. The highest BCUT2D eigenvalue weighted by Crippen LogP contribution is 2.27. The van der Waals surface area contributed by atoms with E-state index >= 15 is 0 Å². The van der Waals surface area contributed by atoms with E-state index in [0.717, 1.165) is 36.6 Å². The molecule has 1 saturated heterocycles. The highest BCUT2D eigenvalue weighted by molar-refractivity contribution is 8.04. The number of hydrogen-bond donors (Lipinski definition) is 3. The summed E-state index contributed by atoms with van der Waals surface area (Å²) in [6.07, 6.45) is 7.28. The van der Waals surface area contributed by atoms with Crippen LogP contribution in [-0.4, -0.2) is 57.3 Å². The van der Waals surface area contributed by atoms with Crippen molar-refractivity contribution in [3.05, 3.63) is 23.8 Å². The van der Waals surface area contributed by atoms with Gasteiger partial charge in [0, 0.05) is 31.1 Å². The minimum absolute atomic E-state index is 0.0201. The molecule has 8 nitrogen and oxygen atoms in total. The molecule has 2 aliphatic heterocycles. The molecule has 0 aromatic carbocycles. The van der Waals surface area contributed by atoms with E-state index in [0.29, 0.717) is 23.1 Å². The minimum Gasteiger partial charge on any atom is -0.350 e. The number of imidazole rings is 1. The fourth-order valence-corrected chi connectivity index (χ4v) is 3.91. The Labute approximate surface area is 143 Å². The van der Waals surface area contributed by atoms with Gasteiger partial charge in [0.05, 0.1) is 11.2 Å². The quantitative estimate of drug-likeness (QED) is 0.747. The van der Waals surface area contributed by atoms with Gasteiger partial charge in [-0.15, -0.1) is 11.8 Å². The number of nitrogens with zero attached hydrogens (tertiary/aromatic N) is 4. The Bertz CT molecular complexity index is 768. The van der Waals surface area contributed by atoms with Gasteiger partial charge in [0.25, 0.3) is 5.91 Å². The third kappa shape index (κ3) is 3.09. The lowest BCUT2D eigenvalue weighted by Gasteiger charge is -2.25. The molecular formula is C15H19N7OS. The summed E-state index contributed by atoms with van der Waals surface area (Å²) >= 11 is 1.58. The fraction of sp³-hybridized carbons (Fsp3) is 0.467. The van der Waals surface area contributed by atoms with Crippen LogP contribution in [0, 0.1) is 0 Å². The van der Waals surface area contributed by atoms with Crippen molar-refractivity contribution in [3.8, 4) is 0 Å². The molecule has 4 heterocycles. The van der Waals surface area contributed by atoms with E-state index in [2.05, 4.69) is 30.6 Å². The maximum absolute atomic E-state index is 12.4. The normalized spacial score (nSPS) is 21.1. The predicted octanol–water partition coefficient (Wildman–Crippen LogP) is 0.616. The first-order valence-electron chi connectivity index (χ1n) is 8.08. The van der Waals surface area contributed by atoms with Crippen molar-refractivity contribution in [2.75, 3.05) is 30.3 Å². The van der Waals surface area contributed by atoms with E-state index in [4.69, 9.17) is 0 Å². The number of hydrogen-bond acceptors (Lipinski definition) is 7. The number of carbonyl (C=O) groups is 1. The van der Waals surface area contributed by atoms with E-state index in [1.165, 1.54) is 12.7 Å². The zero-order valence-corrected chi connectivity index (χ0v) is 14.0. The van der Waals surface area contributed by atoms with Crippen LogP contribution in [0.25, 0.3) is 11.2 Å². The Balaban J connectivity index is 1.50. The molecular weight excluding hydrogens is 326 g/mol. The molecule has 0 bridgehead atoms. The van der Waals surface area contributed by atoms with Crippen LogP contribution in [0.15, 0.2) is 23.8 Å². The van der Waals surface area contributed by atoms with Crippen LogP contribution in [0.1, 0.15) is 12.8 Å². The average molecular weight is 345 g/mol. The summed E-state index contributed by atoms with van der Waals surface area (Å²) in [7, 11) is 0. The first kappa shape index (κ1) is 15.4. The van der Waals surface area contributed by atoms with Crippen LogP contribution >= 0.6 is 11.8 Å². The van der Waals surface area contributed by atoms with Gasteiger partial charge in [-0.1, -0.05) is 0 Å². The molecule has 1 fully saturated rings. The third-order valence-corrected chi connectivity index (χ3v) is 5.22. The van der Waals surface area contributed by atoms with Crippen LogP contribution in [0.5, 0.6) is 0 Å². The molecule has 1 atom stereocenters. The maximum atomic E-state index is 12.4. The van der Waals surface area contributed by atoms with Crippen molar-refractivity contribution in [1.82, 2.24) is 30.6 Å². The number of H-pyrrole nitrogens is 1. The first-order chi connectivity index (χ1) is 11.8. The molecule has 2 aliphatic rings. The van der Waals surface area contributed by atoms with Gasteiger partial charge < -0.3 is 20.5 Å².